The summed E-state index contributed by atoms with van der Waals surface area (Å²) in [6, 6.07) is -0.552. The minimum atomic E-state index is -1.42. The van der Waals surface area contributed by atoms with E-state index in [1.165, 1.54) is 7.05 Å². The van der Waals surface area contributed by atoms with Crippen molar-refractivity contribution in [3.05, 3.63) is 35.1 Å². The first-order chi connectivity index (χ1) is 9.56. The van der Waals surface area contributed by atoms with Crippen LogP contribution in [0.1, 0.15) is 32.4 Å². The molecule has 1 aromatic carbocycles. The van der Waals surface area contributed by atoms with Gasteiger partial charge in [-0.2, -0.15) is 0 Å². The van der Waals surface area contributed by atoms with E-state index in [1.54, 1.807) is 20.8 Å². The molecule has 1 amide bonds. The molecule has 1 atom stereocenters. The summed E-state index contributed by atoms with van der Waals surface area (Å²) in [5.74, 6) is -3.81. The number of rotatable bonds is 3. The molecule has 0 aliphatic carbocycles. The Bertz CT molecular complexity index is 555. The van der Waals surface area contributed by atoms with Gasteiger partial charge in [0.25, 0.3) is 0 Å². The normalized spacial score (nSPS) is 12.7. The van der Waals surface area contributed by atoms with Crippen LogP contribution < -0.4 is 0 Å². The van der Waals surface area contributed by atoms with Gasteiger partial charge in [0, 0.05) is 18.7 Å². The summed E-state index contributed by atoms with van der Waals surface area (Å²) >= 11 is 0. The van der Waals surface area contributed by atoms with Gasteiger partial charge in [-0.25, -0.2) is 18.0 Å². The van der Waals surface area contributed by atoms with Crippen LogP contribution in [-0.2, 0) is 9.53 Å². The van der Waals surface area contributed by atoms with E-state index in [1.807, 2.05) is 0 Å². The highest BCUT2D eigenvalue weighted by Gasteiger charge is 2.28. The number of carbonyl (C=O) groups is 2. The van der Waals surface area contributed by atoms with E-state index in [-0.39, 0.29) is 6.29 Å². The lowest BCUT2D eigenvalue weighted by atomic mass is 10.1. The van der Waals surface area contributed by atoms with Crippen LogP contribution in [-0.4, -0.2) is 29.9 Å². The average molecular weight is 303 g/mol. The summed E-state index contributed by atoms with van der Waals surface area (Å²) in [7, 11) is 1.20. The predicted molar refractivity (Wildman–Crippen MR) is 69.1 cm³/mol. The third kappa shape index (κ3) is 4.21. The number of hydrogen-bond donors (Lipinski definition) is 0. The molecule has 116 valence electrons. The molecule has 7 heteroatoms. The number of halogens is 3. The summed E-state index contributed by atoms with van der Waals surface area (Å²) in [5, 5.41) is 0. The molecule has 0 aliphatic heterocycles. The summed E-state index contributed by atoms with van der Waals surface area (Å²) < 4.78 is 44.8. The molecule has 1 unspecified atom stereocenters. The first-order valence-electron chi connectivity index (χ1n) is 6.12. The Labute approximate surface area is 120 Å². The van der Waals surface area contributed by atoms with Crippen molar-refractivity contribution in [2.24, 2.45) is 0 Å². The van der Waals surface area contributed by atoms with Gasteiger partial charge in [0.05, 0.1) is 0 Å². The first-order valence-corrected chi connectivity index (χ1v) is 6.12. The molecule has 0 fully saturated rings. The van der Waals surface area contributed by atoms with Crippen LogP contribution in [0.25, 0.3) is 0 Å². The average Bonchev–Trinajstić information content (AvgIpc) is 2.34. The highest BCUT2D eigenvalue weighted by molar-refractivity contribution is 5.74. The Morgan fingerprint density at radius 3 is 2.19 bits per heavy atom. The molecule has 0 heterocycles. The van der Waals surface area contributed by atoms with Crippen LogP contribution in [0.5, 0.6) is 0 Å². The molecule has 0 aliphatic rings. The van der Waals surface area contributed by atoms with Gasteiger partial charge in [-0.05, 0) is 26.8 Å². The lowest BCUT2D eigenvalue weighted by Gasteiger charge is -2.28. The van der Waals surface area contributed by atoms with Crippen LogP contribution in [0.2, 0.25) is 0 Å². The van der Waals surface area contributed by atoms with Crippen molar-refractivity contribution in [1.29, 1.82) is 0 Å². The number of aldehydes is 1. The molecule has 0 saturated carbocycles. The van der Waals surface area contributed by atoms with Crippen LogP contribution in [0.15, 0.2) is 12.1 Å². The molecule has 21 heavy (non-hydrogen) atoms. The van der Waals surface area contributed by atoms with Gasteiger partial charge < -0.3 is 9.53 Å². The van der Waals surface area contributed by atoms with Crippen molar-refractivity contribution < 1.29 is 27.5 Å². The van der Waals surface area contributed by atoms with E-state index in [4.69, 9.17) is 4.74 Å². The van der Waals surface area contributed by atoms with E-state index >= 15 is 0 Å². The number of benzene rings is 1. The van der Waals surface area contributed by atoms with Crippen LogP contribution >= 0.6 is 0 Å². The Morgan fingerprint density at radius 1 is 1.19 bits per heavy atom. The summed E-state index contributed by atoms with van der Waals surface area (Å²) in [6.07, 6.45) is -0.636. The van der Waals surface area contributed by atoms with Crippen molar-refractivity contribution in [3.8, 4) is 0 Å². The number of hydrogen-bond acceptors (Lipinski definition) is 3. The molecule has 0 bridgehead atoms. The maximum absolute atomic E-state index is 13.7. The Hall–Kier alpha value is -2.05. The molecule has 0 spiro atoms. The number of ether oxygens (including phenoxy) is 1. The number of likely N-dealkylation sites (N-methyl/N-ethyl adjacent to an activating group) is 1. The van der Waals surface area contributed by atoms with E-state index in [9.17, 15) is 22.8 Å². The van der Waals surface area contributed by atoms with Crippen molar-refractivity contribution in [2.45, 2.75) is 32.4 Å². The van der Waals surface area contributed by atoms with E-state index in [0.29, 0.717) is 12.1 Å². The van der Waals surface area contributed by atoms with Gasteiger partial charge in [0.1, 0.15) is 23.7 Å². The second kappa shape index (κ2) is 6.15. The molecule has 0 saturated heterocycles. The maximum atomic E-state index is 13.7. The predicted octanol–water partition coefficient (Wildman–Crippen LogP) is 3.21. The second-order valence-electron chi connectivity index (χ2n) is 5.46. The molecule has 1 rings (SSSR count). The summed E-state index contributed by atoms with van der Waals surface area (Å²) in [6.45, 7) is 4.85. The number of nitrogens with zero attached hydrogens (tertiary/aromatic N) is 1. The molecular weight excluding hydrogens is 287 g/mol. The first kappa shape index (κ1) is 17.0. The highest BCUT2D eigenvalue weighted by atomic mass is 19.2. The Balaban J connectivity index is 3.11. The highest BCUT2D eigenvalue weighted by Crippen LogP contribution is 2.24. The van der Waals surface area contributed by atoms with Crippen molar-refractivity contribution in [1.82, 2.24) is 4.90 Å². The fourth-order valence-electron chi connectivity index (χ4n) is 1.59. The monoisotopic (exact) mass is 303 g/mol. The lowest BCUT2D eigenvalue weighted by Crippen LogP contribution is -2.37. The van der Waals surface area contributed by atoms with E-state index in [2.05, 4.69) is 0 Å². The zero-order valence-electron chi connectivity index (χ0n) is 12.1. The third-order valence-electron chi connectivity index (χ3n) is 2.59. The zero-order valence-corrected chi connectivity index (χ0v) is 12.1. The quantitative estimate of drug-likeness (QED) is 0.636. The molecule has 1 aromatic rings. The second-order valence-corrected chi connectivity index (χ2v) is 5.46. The van der Waals surface area contributed by atoms with E-state index < -0.39 is 40.8 Å². The van der Waals surface area contributed by atoms with Crippen molar-refractivity contribution >= 4 is 12.4 Å². The zero-order chi connectivity index (χ0) is 16.4. The number of carbonyl (C=O) groups excluding carboxylic acids is 2. The third-order valence-corrected chi connectivity index (χ3v) is 2.59. The van der Waals surface area contributed by atoms with Gasteiger partial charge in [0.15, 0.2) is 11.6 Å². The summed E-state index contributed by atoms with van der Waals surface area (Å²) in [4.78, 5) is 23.8. The minimum absolute atomic E-state index is 0.250. The fourth-order valence-corrected chi connectivity index (χ4v) is 1.59. The van der Waals surface area contributed by atoms with Crippen LogP contribution in [0.4, 0.5) is 18.0 Å². The lowest BCUT2D eigenvalue weighted by molar-refractivity contribution is -0.112. The molecule has 0 radical (unpaired) electrons. The van der Waals surface area contributed by atoms with E-state index in [0.717, 1.165) is 4.90 Å². The Morgan fingerprint density at radius 2 is 1.71 bits per heavy atom. The maximum Gasteiger partial charge on any atom is 0.410 e. The molecule has 0 aromatic heterocycles. The van der Waals surface area contributed by atoms with Gasteiger partial charge in [-0.15, -0.1) is 0 Å². The SMILES string of the molecule is CN(C(=O)OC(C)(C)C)C(C=O)c1cc(F)c(F)cc1F. The van der Waals surface area contributed by atoms with Gasteiger partial charge in [-0.1, -0.05) is 0 Å². The van der Waals surface area contributed by atoms with Crippen LogP contribution in [0.3, 0.4) is 0 Å². The minimum Gasteiger partial charge on any atom is -0.444 e. The van der Waals surface area contributed by atoms with Gasteiger partial charge in [0.2, 0.25) is 0 Å². The van der Waals surface area contributed by atoms with Gasteiger partial charge in [-0.3, -0.25) is 4.90 Å². The van der Waals surface area contributed by atoms with Crippen molar-refractivity contribution in [3.63, 3.8) is 0 Å². The molecule has 0 N–H and O–H groups in total. The molecule has 4 nitrogen and oxygen atoms in total. The molecular formula is C14H16F3NO3. The van der Waals surface area contributed by atoms with Gasteiger partial charge >= 0.3 is 6.09 Å². The van der Waals surface area contributed by atoms with Crippen molar-refractivity contribution in [2.75, 3.05) is 7.05 Å². The Kier molecular flexibility index (Phi) is 4.98. The summed E-state index contributed by atoms with van der Waals surface area (Å²) in [5.41, 5.74) is -1.26. The standard InChI is InChI=1S/C14H16F3NO3/c1-14(2,3)21-13(20)18(4)12(7-19)8-5-10(16)11(17)6-9(8)15/h5-7,12H,1-4H3. The fraction of sp³-hybridized carbons (Fsp3) is 0.429. The number of amides is 1. The largest absolute Gasteiger partial charge is 0.444 e. The topological polar surface area (TPSA) is 46.6 Å². The van der Waals surface area contributed by atoms with Crippen LogP contribution in [0, 0.1) is 17.5 Å². The smallest absolute Gasteiger partial charge is 0.410 e.